The number of aliphatic hydroxyl groups is 1. The van der Waals surface area contributed by atoms with E-state index in [1.54, 1.807) is 24.4 Å². The molecule has 4 N–H and O–H groups in total. The number of nitrogens with two attached hydrogens (primary N) is 1. The van der Waals surface area contributed by atoms with Crippen LogP contribution in [0.1, 0.15) is 29.2 Å². The molecule has 3 heterocycles. The first-order valence-electron chi connectivity index (χ1n) is 12.4. The number of aliphatic hydroxyl groups excluding tert-OH is 1. The molecule has 9 nitrogen and oxygen atoms in total. The van der Waals surface area contributed by atoms with Gasteiger partial charge in [-0.05, 0) is 60.7 Å². The van der Waals surface area contributed by atoms with Crippen molar-refractivity contribution in [2.45, 2.75) is 18.9 Å². The first-order chi connectivity index (χ1) is 18.5. The van der Waals surface area contributed by atoms with Crippen LogP contribution in [0.25, 0.3) is 27.8 Å². The summed E-state index contributed by atoms with van der Waals surface area (Å²) in [5.41, 5.74) is 9.73. The quantitative estimate of drug-likeness (QED) is 0.319. The summed E-state index contributed by atoms with van der Waals surface area (Å²) >= 11 is 0. The lowest BCUT2D eigenvalue weighted by atomic mass is 9.81. The SMILES string of the molecule is Nc1ncnc2c1c(-c1ccc(NC(=O)c3cccn(-c4ccccc4)c3=O)cc1)cn2[C@H]1C[C@@H](CO)C1. The molecule has 0 spiro atoms. The zero-order valence-electron chi connectivity index (χ0n) is 20.5. The molecule has 6 rings (SSSR count). The highest BCUT2D eigenvalue weighted by atomic mass is 16.3. The van der Waals surface area contributed by atoms with E-state index < -0.39 is 11.5 Å². The normalized spacial score (nSPS) is 16.8. The standard InChI is InChI=1S/C29H26N6O3/c30-26-25-24(15-35(27(25)32-17-31-26)22-13-18(14-22)16-36)19-8-10-20(11-9-19)33-28(37)23-7-4-12-34(29(23)38)21-5-2-1-3-6-21/h1-12,15,17-18,22,36H,13-14,16H2,(H,33,37)(H2,30,31,32)/t18-,22+. The topological polar surface area (TPSA) is 128 Å². The van der Waals surface area contributed by atoms with Crippen LogP contribution < -0.4 is 16.6 Å². The molecule has 1 aliphatic carbocycles. The van der Waals surface area contributed by atoms with Crippen molar-refractivity contribution in [2.24, 2.45) is 5.92 Å². The molecule has 0 bridgehead atoms. The van der Waals surface area contributed by atoms with E-state index in [1.165, 1.54) is 17.0 Å². The van der Waals surface area contributed by atoms with Crippen molar-refractivity contribution in [1.29, 1.82) is 0 Å². The molecule has 1 fully saturated rings. The molecule has 1 aliphatic rings. The highest BCUT2D eigenvalue weighted by molar-refractivity contribution is 6.04. The number of carbonyl (C=O) groups excluding carboxylic acids is 1. The monoisotopic (exact) mass is 506 g/mol. The Kier molecular flexibility index (Phi) is 5.97. The van der Waals surface area contributed by atoms with Gasteiger partial charge in [0, 0.05) is 42.0 Å². The van der Waals surface area contributed by atoms with Gasteiger partial charge < -0.3 is 20.7 Å². The van der Waals surface area contributed by atoms with Crippen LogP contribution in [0.3, 0.4) is 0 Å². The van der Waals surface area contributed by atoms with Crippen molar-refractivity contribution in [3.63, 3.8) is 0 Å². The third-order valence-corrected chi connectivity index (χ3v) is 7.18. The van der Waals surface area contributed by atoms with Gasteiger partial charge in [-0.1, -0.05) is 30.3 Å². The average Bonchev–Trinajstić information content (AvgIpc) is 3.30. The van der Waals surface area contributed by atoms with E-state index in [4.69, 9.17) is 5.73 Å². The number of hydrogen-bond acceptors (Lipinski definition) is 6. The molecule has 9 heteroatoms. The van der Waals surface area contributed by atoms with Crippen molar-refractivity contribution in [3.05, 3.63) is 101 Å². The first-order valence-corrected chi connectivity index (χ1v) is 12.4. The Morgan fingerprint density at radius 3 is 2.53 bits per heavy atom. The van der Waals surface area contributed by atoms with Gasteiger partial charge in [0.2, 0.25) is 0 Å². The lowest BCUT2D eigenvalue weighted by Gasteiger charge is -2.35. The summed E-state index contributed by atoms with van der Waals surface area (Å²) < 4.78 is 3.57. The van der Waals surface area contributed by atoms with Crippen molar-refractivity contribution >= 4 is 28.4 Å². The number of carbonyl (C=O) groups is 1. The average molecular weight is 507 g/mol. The van der Waals surface area contributed by atoms with Gasteiger partial charge in [-0.25, -0.2) is 9.97 Å². The Morgan fingerprint density at radius 1 is 1.03 bits per heavy atom. The lowest BCUT2D eigenvalue weighted by molar-refractivity contribution is 0.102. The number of anilines is 2. The summed E-state index contributed by atoms with van der Waals surface area (Å²) in [6.07, 6.45) is 6.93. The molecule has 0 saturated heterocycles. The van der Waals surface area contributed by atoms with Crippen LogP contribution in [0.2, 0.25) is 0 Å². The molecule has 0 aliphatic heterocycles. The Labute approximate surface area is 218 Å². The number of hydrogen-bond donors (Lipinski definition) is 3. The zero-order chi connectivity index (χ0) is 26.2. The van der Waals surface area contributed by atoms with Crippen molar-refractivity contribution in [1.82, 2.24) is 19.1 Å². The number of nitrogen functional groups attached to an aromatic ring is 1. The summed E-state index contributed by atoms with van der Waals surface area (Å²) in [4.78, 5) is 34.7. The lowest BCUT2D eigenvalue weighted by Crippen LogP contribution is -2.28. The van der Waals surface area contributed by atoms with Gasteiger partial charge in [0.15, 0.2) is 0 Å². The second-order valence-electron chi connectivity index (χ2n) is 9.55. The Bertz CT molecular complexity index is 1690. The number of nitrogens with zero attached hydrogens (tertiary/aromatic N) is 4. The minimum absolute atomic E-state index is 0.0510. The van der Waals surface area contributed by atoms with Crippen LogP contribution in [0.4, 0.5) is 11.5 Å². The molecule has 5 aromatic rings. The van der Waals surface area contributed by atoms with E-state index in [2.05, 4.69) is 19.9 Å². The van der Waals surface area contributed by atoms with E-state index in [0.29, 0.717) is 23.1 Å². The molecule has 190 valence electrons. The van der Waals surface area contributed by atoms with Crippen molar-refractivity contribution in [3.8, 4) is 16.8 Å². The van der Waals surface area contributed by atoms with Gasteiger partial charge in [0.05, 0.1) is 5.39 Å². The number of benzene rings is 2. The molecule has 0 radical (unpaired) electrons. The Morgan fingerprint density at radius 2 is 1.79 bits per heavy atom. The van der Waals surface area contributed by atoms with Gasteiger partial charge in [-0.3, -0.25) is 14.2 Å². The summed E-state index contributed by atoms with van der Waals surface area (Å²) in [6, 6.07) is 20.0. The number of amides is 1. The maximum absolute atomic E-state index is 13.0. The predicted molar refractivity (Wildman–Crippen MR) is 146 cm³/mol. The maximum atomic E-state index is 13.0. The summed E-state index contributed by atoms with van der Waals surface area (Å²) in [6.45, 7) is 0.190. The molecule has 0 unspecified atom stereocenters. The number of rotatable bonds is 6. The fourth-order valence-corrected chi connectivity index (χ4v) is 5.07. The van der Waals surface area contributed by atoms with E-state index in [9.17, 15) is 14.7 Å². The summed E-state index contributed by atoms with van der Waals surface area (Å²) in [5.74, 6) is 0.230. The number of aromatic nitrogens is 4. The summed E-state index contributed by atoms with van der Waals surface area (Å²) in [5, 5.41) is 13.0. The molecule has 38 heavy (non-hydrogen) atoms. The minimum atomic E-state index is -0.481. The van der Waals surface area contributed by atoms with Crippen LogP contribution >= 0.6 is 0 Å². The smallest absolute Gasteiger partial charge is 0.267 e. The zero-order valence-corrected chi connectivity index (χ0v) is 20.5. The number of pyridine rings is 1. The molecule has 3 aromatic heterocycles. The fraction of sp³-hybridized carbons (Fsp3) is 0.172. The van der Waals surface area contributed by atoms with E-state index in [0.717, 1.165) is 35.0 Å². The van der Waals surface area contributed by atoms with E-state index in [-0.39, 0.29) is 18.2 Å². The highest BCUT2D eigenvalue weighted by Crippen LogP contribution is 2.42. The molecule has 0 atom stereocenters. The van der Waals surface area contributed by atoms with Crippen molar-refractivity contribution in [2.75, 3.05) is 17.7 Å². The second-order valence-corrected chi connectivity index (χ2v) is 9.55. The van der Waals surface area contributed by atoms with Crippen LogP contribution in [0.5, 0.6) is 0 Å². The number of para-hydroxylation sites is 1. The van der Waals surface area contributed by atoms with Crippen LogP contribution in [0, 0.1) is 5.92 Å². The van der Waals surface area contributed by atoms with Crippen molar-refractivity contribution < 1.29 is 9.90 Å². The van der Waals surface area contributed by atoms with Gasteiger partial charge in [0.1, 0.15) is 23.4 Å². The molecule has 1 amide bonds. The third kappa shape index (κ3) is 4.12. The van der Waals surface area contributed by atoms with E-state index in [1.807, 2.05) is 48.7 Å². The number of nitrogens with one attached hydrogen (secondary N) is 1. The largest absolute Gasteiger partial charge is 0.396 e. The Hall–Kier alpha value is -4.76. The van der Waals surface area contributed by atoms with Gasteiger partial charge in [0.25, 0.3) is 11.5 Å². The van der Waals surface area contributed by atoms with Crippen LogP contribution in [-0.4, -0.2) is 36.7 Å². The maximum Gasteiger partial charge on any atom is 0.267 e. The molecular weight excluding hydrogens is 480 g/mol. The van der Waals surface area contributed by atoms with Crippen LogP contribution in [-0.2, 0) is 0 Å². The summed E-state index contributed by atoms with van der Waals surface area (Å²) in [7, 11) is 0. The fourth-order valence-electron chi connectivity index (χ4n) is 5.07. The molecule has 1 saturated carbocycles. The van der Waals surface area contributed by atoms with Gasteiger partial charge >= 0.3 is 0 Å². The number of fused-ring (bicyclic) bond motifs is 1. The van der Waals surface area contributed by atoms with Gasteiger partial charge in [-0.2, -0.15) is 0 Å². The van der Waals surface area contributed by atoms with Gasteiger partial charge in [-0.15, -0.1) is 0 Å². The predicted octanol–water partition coefficient (Wildman–Crippen LogP) is 4.03. The first kappa shape index (κ1) is 23.6. The highest BCUT2D eigenvalue weighted by Gasteiger charge is 2.32. The van der Waals surface area contributed by atoms with E-state index >= 15 is 0 Å². The molecular formula is C29H26N6O3. The minimum Gasteiger partial charge on any atom is -0.396 e. The second kappa shape index (κ2) is 9.60. The third-order valence-electron chi connectivity index (χ3n) is 7.18. The Balaban J connectivity index is 1.27. The molecule has 2 aromatic carbocycles. The van der Waals surface area contributed by atoms with Crippen LogP contribution in [0.15, 0.2) is 90.2 Å².